The van der Waals surface area contributed by atoms with Crippen molar-refractivity contribution >= 4 is 5.97 Å². The van der Waals surface area contributed by atoms with Crippen LogP contribution in [-0.2, 0) is 17.9 Å². The molecule has 0 amide bonds. The molecule has 2 aromatic carbocycles. The summed E-state index contributed by atoms with van der Waals surface area (Å²) in [5, 5.41) is 9.44. The Bertz CT molecular complexity index is 615. The van der Waals surface area contributed by atoms with Crippen molar-refractivity contribution in [1.29, 1.82) is 0 Å². The van der Waals surface area contributed by atoms with Crippen LogP contribution in [0.4, 0.5) is 0 Å². The third-order valence-corrected chi connectivity index (χ3v) is 5.15. The molecule has 24 heavy (non-hydrogen) atoms. The lowest BCUT2D eigenvalue weighted by Crippen LogP contribution is -2.33. The highest BCUT2D eigenvalue weighted by atomic mass is 16.4. The number of benzene rings is 2. The minimum atomic E-state index is -0.649. The third kappa shape index (κ3) is 4.04. The minimum Gasteiger partial charge on any atom is -0.481 e. The summed E-state index contributed by atoms with van der Waals surface area (Å²) in [6.45, 7) is 3.79. The molecule has 2 unspecified atom stereocenters. The van der Waals surface area contributed by atoms with E-state index in [-0.39, 0.29) is 11.8 Å². The van der Waals surface area contributed by atoms with Crippen LogP contribution >= 0.6 is 0 Å². The molecule has 1 fully saturated rings. The first kappa shape index (κ1) is 16.7. The van der Waals surface area contributed by atoms with Gasteiger partial charge in [-0.15, -0.1) is 0 Å². The van der Waals surface area contributed by atoms with Gasteiger partial charge in [0.05, 0.1) is 5.92 Å². The number of nitrogens with zero attached hydrogens (tertiary/aromatic N) is 1. The number of hydrogen-bond donors (Lipinski definition) is 1. The van der Waals surface area contributed by atoms with Crippen LogP contribution in [0.2, 0.25) is 0 Å². The fourth-order valence-corrected chi connectivity index (χ4v) is 3.81. The Morgan fingerprint density at radius 3 is 1.88 bits per heavy atom. The van der Waals surface area contributed by atoms with Crippen LogP contribution in [0.25, 0.3) is 0 Å². The summed E-state index contributed by atoms with van der Waals surface area (Å²) in [6, 6.07) is 21.2. The van der Waals surface area contributed by atoms with E-state index in [2.05, 4.69) is 60.4 Å². The molecular weight excluding hydrogens is 298 g/mol. The second kappa shape index (κ2) is 7.63. The van der Waals surface area contributed by atoms with Gasteiger partial charge < -0.3 is 5.11 Å². The molecule has 3 atom stereocenters. The van der Waals surface area contributed by atoms with E-state index < -0.39 is 5.97 Å². The molecular formula is C21H25NO2. The van der Waals surface area contributed by atoms with Crippen LogP contribution in [0.3, 0.4) is 0 Å². The molecule has 0 saturated heterocycles. The van der Waals surface area contributed by atoms with Gasteiger partial charge in [-0.25, -0.2) is 0 Å². The first-order valence-electron chi connectivity index (χ1n) is 8.68. The van der Waals surface area contributed by atoms with E-state index in [1.54, 1.807) is 0 Å². The number of carboxylic acid groups (broad SMARTS) is 1. The average molecular weight is 323 g/mol. The van der Waals surface area contributed by atoms with Gasteiger partial charge in [0.1, 0.15) is 0 Å². The molecule has 126 valence electrons. The summed E-state index contributed by atoms with van der Waals surface area (Å²) in [5.74, 6) is -0.630. The lowest BCUT2D eigenvalue weighted by atomic mass is 9.99. The monoisotopic (exact) mass is 323 g/mol. The van der Waals surface area contributed by atoms with Gasteiger partial charge in [-0.2, -0.15) is 0 Å². The number of carboxylic acids is 1. The van der Waals surface area contributed by atoms with Crippen molar-refractivity contribution in [2.45, 2.75) is 38.9 Å². The predicted octanol–water partition coefficient (Wildman–Crippen LogP) is 4.19. The average Bonchev–Trinajstić information content (AvgIpc) is 2.98. The van der Waals surface area contributed by atoms with E-state index in [4.69, 9.17) is 0 Å². The maximum Gasteiger partial charge on any atom is 0.306 e. The molecule has 0 aliphatic heterocycles. The Kier molecular flexibility index (Phi) is 5.31. The van der Waals surface area contributed by atoms with E-state index in [0.717, 1.165) is 25.9 Å². The summed E-state index contributed by atoms with van der Waals surface area (Å²) in [4.78, 5) is 13.9. The Balaban J connectivity index is 1.78. The Hall–Kier alpha value is -2.13. The van der Waals surface area contributed by atoms with E-state index in [9.17, 15) is 9.90 Å². The molecule has 1 N–H and O–H groups in total. The maximum absolute atomic E-state index is 11.5. The molecule has 1 saturated carbocycles. The van der Waals surface area contributed by atoms with Crippen molar-refractivity contribution in [1.82, 2.24) is 4.90 Å². The van der Waals surface area contributed by atoms with Crippen LogP contribution in [0.15, 0.2) is 60.7 Å². The van der Waals surface area contributed by atoms with Crippen molar-refractivity contribution in [3.63, 3.8) is 0 Å². The first-order valence-corrected chi connectivity index (χ1v) is 8.68. The Morgan fingerprint density at radius 1 is 0.958 bits per heavy atom. The topological polar surface area (TPSA) is 40.5 Å². The molecule has 0 bridgehead atoms. The molecule has 0 aromatic heterocycles. The zero-order chi connectivity index (χ0) is 16.9. The van der Waals surface area contributed by atoms with Crippen molar-refractivity contribution in [2.24, 2.45) is 11.8 Å². The van der Waals surface area contributed by atoms with Crippen molar-refractivity contribution < 1.29 is 9.90 Å². The molecule has 3 rings (SSSR count). The SMILES string of the molecule is CC1C[C@@H](N(Cc2ccccc2)Cc2ccccc2)CC1C(=O)O. The number of aliphatic carboxylic acids is 1. The molecule has 3 heteroatoms. The number of rotatable bonds is 6. The van der Waals surface area contributed by atoms with Crippen molar-refractivity contribution in [3.05, 3.63) is 71.8 Å². The van der Waals surface area contributed by atoms with Gasteiger partial charge in [-0.05, 0) is 29.9 Å². The fourth-order valence-electron chi connectivity index (χ4n) is 3.81. The van der Waals surface area contributed by atoms with E-state index in [1.807, 2.05) is 12.1 Å². The molecule has 1 aliphatic rings. The summed E-state index contributed by atoms with van der Waals surface area (Å²) >= 11 is 0. The van der Waals surface area contributed by atoms with Gasteiger partial charge in [-0.1, -0.05) is 67.6 Å². The fraction of sp³-hybridized carbons (Fsp3) is 0.381. The third-order valence-electron chi connectivity index (χ3n) is 5.15. The van der Waals surface area contributed by atoms with Crippen molar-refractivity contribution in [2.75, 3.05) is 0 Å². The Labute approximate surface area is 143 Å². The van der Waals surface area contributed by atoms with Gasteiger partial charge in [0.25, 0.3) is 0 Å². The second-order valence-electron chi connectivity index (χ2n) is 6.92. The van der Waals surface area contributed by atoms with Crippen molar-refractivity contribution in [3.8, 4) is 0 Å². The first-order chi connectivity index (χ1) is 11.6. The summed E-state index contributed by atoms with van der Waals surface area (Å²) in [6.07, 6.45) is 1.70. The lowest BCUT2D eigenvalue weighted by Gasteiger charge is -2.29. The highest BCUT2D eigenvalue weighted by Crippen LogP contribution is 2.36. The lowest BCUT2D eigenvalue weighted by molar-refractivity contribution is -0.142. The van der Waals surface area contributed by atoms with Gasteiger partial charge in [0, 0.05) is 19.1 Å². The summed E-state index contributed by atoms with van der Waals surface area (Å²) in [7, 11) is 0. The zero-order valence-electron chi connectivity index (χ0n) is 14.1. The minimum absolute atomic E-state index is 0.218. The van der Waals surface area contributed by atoms with Crippen LogP contribution in [0.5, 0.6) is 0 Å². The van der Waals surface area contributed by atoms with Gasteiger partial charge in [0.2, 0.25) is 0 Å². The quantitative estimate of drug-likeness (QED) is 0.866. The van der Waals surface area contributed by atoms with Gasteiger partial charge in [0.15, 0.2) is 0 Å². The standard InChI is InChI=1S/C21H25NO2/c1-16-12-19(13-20(16)21(23)24)22(14-17-8-4-2-5-9-17)15-18-10-6-3-7-11-18/h2-11,16,19-20H,12-15H2,1H3,(H,23,24)/t16?,19-,20?/m1/s1. The van der Waals surface area contributed by atoms with Crippen LogP contribution in [-0.4, -0.2) is 22.0 Å². The maximum atomic E-state index is 11.5. The summed E-state index contributed by atoms with van der Waals surface area (Å²) < 4.78 is 0. The number of carbonyl (C=O) groups is 1. The highest BCUT2D eigenvalue weighted by molar-refractivity contribution is 5.70. The second-order valence-corrected chi connectivity index (χ2v) is 6.92. The normalized spacial score (nSPS) is 23.5. The molecule has 3 nitrogen and oxygen atoms in total. The van der Waals surface area contributed by atoms with Gasteiger partial charge in [-0.3, -0.25) is 9.69 Å². The largest absolute Gasteiger partial charge is 0.481 e. The molecule has 0 radical (unpaired) electrons. The smallest absolute Gasteiger partial charge is 0.306 e. The molecule has 0 heterocycles. The van der Waals surface area contributed by atoms with Gasteiger partial charge >= 0.3 is 5.97 Å². The zero-order valence-corrected chi connectivity index (χ0v) is 14.1. The molecule has 0 spiro atoms. The molecule has 2 aromatic rings. The Morgan fingerprint density at radius 2 is 1.46 bits per heavy atom. The van der Waals surface area contributed by atoms with Crippen LogP contribution in [0.1, 0.15) is 30.9 Å². The van der Waals surface area contributed by atoms with Crippen LogP contribution in [0, 0.1) is 11.8 Å². The highest BCUT2D eigenvalue weighted by Gasteiger charge is 2.38. The summed E-state index contributed by atoms with van der Waals surface area (Å²) in [5.41, 5.74) is 2.56. The van der Waals surface area contributed by atoms with E-state index in [1.165, 1.54) is 11.1 Å². The van der Waals surface area contributed by atoms with E-state index >= 15 is 0 Å². The predicted molar refractivity (Wildman–Crippen MR) is 95.4 cm³/mol. The molecule has 1 aliphatic carbocycles. The van der Waals surface area contributed by atoms with E-state index in [0.29, 0.717) is 6.04 Å². The van der Waals surface area contributed by atoms with Crippen LogP contribution < -0.4 is 0 Å². The number of hydrogen-bond acceptors (Lipinski definition) is 2.